The highest BCUT2D eigenvalue weighted by Gasteiger charge is 2.42. The lowest BCUT2D eigenvalue weighted by molar-refractivity contribution is -0.143. The predicted octanol–water partition coefficient (Wildman–Crippen LogP) is 4.68. The number of alkyl halides is 3. The van der Waals surface area contributed by atoms with E-state index in [1.807, 2.05) is 0 Å². The summed E-state index contributed by atoms with van der Waals surface area (Å²) in [6.45, 7) is 1.64. The molecule has 146 valence electrons. The molecule has 1 heterocycles. The highest BCUT2D eigenvalue weighted by molar-refractivity contribution is 9.10. The second kappa shape index (κ2) is 7.70. The molecule has 1 atom stereocenters. The molecule has 28 heavy (non-hydrogen) atoms. The standard InChI is InChI=1S/C18H13BrF4N4O/c1-10(11-2-4-12(19)5-3-11)24-17(28)15-16(18(21,22)23)27(26-25-15)14-8-6-13(20)7-9-14/h2-10H,1H3,(H,24,28). The predicted molar refractivity (Wildman–Crippen MR) is 96.3 cm³/mol. The van der Waals surface area contributed by atoms with Gasteiger partial charge in [-0.15, -0.1) is 5.10 Å². The van der Waals surface area contributed by atoms with Crippen LogP contribution in [-0.4, -0.2) is 20.9 Å². The summed E-state index contributed by atoms with van der Waals surface area (Å²) in [7, 11) is 0. The van der Waals surface area contributed by atoms with Crippen molar-refractivity contribution in [3.8, 4) is 5.69 Å². The summed E-state index contributed by atoms with van der Waals surface area (Å²) in [5, 5.41) is 9.36. The summed E-state index contributed by atoms with van der Waals surface area (Å²) in [4.78, 5) is 12.5. The third-order valence-electron chi connectivity index (χ3n) is 3.94. The van der Waals surface area contributed by atoms with Crippen LogP contribution >= 0.6 is 15.9 Å². The van der Waals surface area contributed by atoms with Crippen LogP contribution in [-0.2, 0) is 6.18 Å². The summed E-state index contributed by atoms with van der Waals surface area (Å²) in [5.41, 5.74) is -1.56. The molecule has 0 aliphatic carbocycles. The molecule has 1 unspecified atom stereocenters. The van der Waals surface area contributed by atoms with Gasteiger partial charge >= 0.3 is 6.18 Å². The van der Waals surface area contributed by atoms with Crippen molar-refractivity contribution >= 4 is 21.8 Å². The minimum atomic E-state index is -4.90. The van der Waals surface area contributed by atoms with Gasteiger partial charge < -0.3 is 5.32 Å². The number of carbonyl (C=O) groups excluding carboxylic acids is 1. The van der Waals surface area contributed by atoms with Crippen LogP contribution in [0.5, 0.6) is 0 Å². The fourth-order valence-electron chi connectivity index (χ4n) is 2.55. The van der Waals surface area contributed by atoms with E-state index in [1.165, 1.54) is 0 Å². The molecule has 1 N–H and O–H groups in total. The Morgan fingerprint density at radius 3 is 2.29 bits per heavy atom. The van der Waals surface area contributed by atoms with Gasteiger partial charge in [-0.25, -0.2) is 9.07 Å². The fourth-order valence-corrected chi connectivity index (χ4v) is 2.82. The van der Waals surface area contributed by atoms with Gasteiger partial charge in [-0.1, -0.05) is 33.3 Å². The largest absolute Gasteiger partial charge is 0.435 e. The van der Waals surface area contributed by atoms with E-state index >= 15 is 0 Å². The molecule has 0 bridgehead atoms. The summed E-state index contributed by atoms with van der Waals surface area (Å²) >= 11 is 3.29. The number of benzene rings is 2. The highest BCUT2D eigenvalue weighted by atomic mass is 79.9. The molecule has 0 fully saturated rings. The first-order valence-corrected chi connectivity index (χ1v) is 8.81. The molecule has 0 saturated carbocycles. The third-order valence-corrected chi connectivity index (χ3v) is 4.47. The normalized spacial score (nSPS) is 12.6. The monoisotopic (exact) mass is 456 g/mol. The molecule has 0 aliphatic heterocycles. The Balaban J connectivity index is 1.93. The van der Waals surface area contributed by atoms with Crippen molar-refractivity contribution < 1.29 is 22.4 Å². The van der Waals surface area contributed by atoms with Gasteiger partial charge in [0.1, 0.15) is 5.82 Å². The smallest absolute Gasteiger partial charge is 0.344 e. The Kier molecular flexibility index (Phi) is 5.50. The van der Waals surface area contributed by atoms with Gasteiger partial charge in [0.15, 0.2) is 11.4 Å². The van der Waals surface area contributed by atoms with Gasteiger partial charge in [-0.3, -0.25) is 4.79 Å². The van der Waals surface area contributed by atoms with Crippen LogP contribution in [0.1, 0.15) is 34.7 Å². The van der Waals surface area contributed by atoms with Gasteiger partial charge in [0.05, 0.1) is 11.7 Å². The van der Waals surface area contributed by atoms with Crippen molar-refractivity contribution in [1.29, 1.82) is 0 Å². The SMILES string of the molecule is CC(NC(=O)c1nnn(-c2ccc(F)cc2)c1C(F)(F)F)c1ccc(Br)cc1. The molecule has 5 nitrogen and oxygen atoms in total. The maximum absolute atomic E-state index is 13.6. The Bertz CT molecular complexity index is 984. The fraction of sp³-hybridized carbons (Fsp3) is 0.167. The van der Waals surface area contributed by atoms with Crippen molar-refractivity contribution in [2.24, 2.45) is 0 Å². The third kappa shape index (κ3) is 4.22. The van der Waals surface area contributed by atoms with Crippen LogP contribution in [0, 0.1) is 5.82 Å². The zero-order valence-electron chi connectivity index (χ0n) is 14.3. The first-order chi connectivity index (χ1) is 13.2. The van der Waals surface area contributed by atoms with Crippen molar-refractivity contribution in [1.82, 2.24) is 20.3 Å². The lowest BCUT2D eigenvalue weighted by Gasteiger charge is -2.15. The molecule has 3 aromatic rings. The van der Waals surface area contributed by atoms with Gasteiger partial charge in [0.2, 0.25) is 0 Å². The first-order valence-electron chi connectivity index (χ1n) is 8.02. The quantitative estimate of drug-likeness (QED) is 0.579. The molecular formula is C18H13BrF4N4O. The van der Waals surface area contributed by atoms with Gasteiger partial charge in [-0.2, -0.15) is 13.2 Å². The van der Waals surface area contributed by atoms with Crippen LogP contribution in [0.2, 0.25) is 0 Å². The van der Waals surface area contributed by atoms with E-state index in [0.717, 1.165) is 28.7 Å². The zero-order valence-corrected chi connectivity index (χ0v) is 15.9. The average molecular weight is 457 g/mol. The number of aromatic nitrogens is 3. The van der Waals surface area contributed by atoms with Crippen LogP contribution in [0.15, 0.2) is 53.0 Å². The second-order valence-corrected chi connectivity index (χ2v) is 6.84. The molecule has 1 amide bonds. The molecule has 0 radical (unpaired) electrons. The number of carbonyl (C=O) groups is 1. The number of nitrogens with zero attached hydrogens (tertiary/aromatic N) is 3. The summed E-state index contributed by atoms with van der Waals surface area (Å²) < 4.78 is 55.2. The number of hydrogen-bond acceptors (Lipinski definition) is 3. The first kappa shape index (κ1) is 20.0. The molecule has 1 aromatic heterocycles. The molecule has 10 heteroatoms. The average Bonchev–Trinajstić information content (AvgIpc) is 3.08. The number of hydrogen-bond donors (Lipinski definition) is 1. The van der Waals surface area contributed by atoms with Crippen LogP contribution in [0.3, 0.4) is 0 Å². The van der Waals surface area contributed by atoms with Crippen molar-refractivity contribution in [3.05, 3.63) is 75.8 Å². The van der Waals surface area contributed by atoms with Crippen molar-refractivity contribution in [2.45, 2.75) is 19.1 Å². The summed E-state index contributed by atoms with van der Waals surface area (Å²) in [6, 6.07) is 10.6. The van der Waals surface area contributed by atoms with Crippen LogP contribution in [0.25, 0.3) is 5.69 Å². The molecule has 0 aliphatic rings. The second-order valence-electron chi connectivity index (χ2n) is 5.92. The Morgan fingerprint density at radius 2 is 1.71 bits per heavy atom. The number of nitrogens with one attached hydrogen (secondary N) is 1. The molecule has 2 aromatic carbocycles. The lowest BCUT2D eigenvalue weighted by Crippen LogP contribution is -2.29. The van der Waals surface area contributed by atoms with E-state index in [4.69, 9.17) is 0 Å². The minimum Gasteiger partial charge on any atom is -0.344 e. The number of halogens is 5. The summed E-state index contributed by atoms with van der Waals surface area (Å²) in [5.74, 6) is -1.63. The number of amides is 1. The van der Waals surface area contributed by atoms with Gasteiger partial charge in [-0.05, 0) is 48.9 Å². The Morgan fingerprint density at radius 1 is 1.11 bits per heavy atom. The van der Waals surface area contributed by atoms with E-state index in [1.54, 1.807) is 31.2 Å². The van der Waals surface area contributed by atoms with Crippen molar-refractivity contribution in [3.63, 3.8) is 0 Å². The lowest BCUT2D eigenvalue weighted by atomic mass is 10.1. The minimum absolute atomic E-state index is 0.0683. The number of rotatable bonds is 4. The van der Waals surface area contributed by atoms with Gasteiger partial charge in [0, 0.05) is 4.47 Å². The maximum atomic E-state index is 13.6. The Labute approximate surface area is 165 Å². The van der Waals surface area contributed by atoms with Crippen LogP contribution < -0.4 is 5.32 Å². The van der Waals surface area contributed by atoms with E-state index in [-0.39, 0.29) is 5.69 Å². The Hall–Kier alpha value is -2.75. The zero-order chi connectivity index (χ0) is 20.5. The van der Waals surface area contributed by atoms with Crippen LogP contribution in [0.4, 0.5) is 17.6 Å². The van der Waals surface area contributed by atoms with Crippen molar-refractivity contribution in [2.75, 3.05) is 0 Å². The van der Waals surface area contributed by atoms with Gasteiger partial charge in [0.25, 0.3) is 5.91 Å². The molecule has 3 rings (SSSR count). The topological polar surface area (TPSA) is 59.8 Å². The van der Waals surface area contributed by atoms with E-state index in [2.05, 4.69) is 31.6 Å². The molecule has 0 saturated heterocycles. The van der Waals surface area contributed by atoms with E-state index in [9.17, 15) is 22.4 Å². The van der Waals surface area contributed by atoms with E-state index in [0.29, 0.717) is 10.2 Å². The summed E-state index contributed by atoms with van der Waals surface area (Å²) in [6.07, 6.45) is -4.90. The maximum Gasteiger partial charge on any atom is 0.435 e. The molecular weight excluding hydrogens is 444 g/mol. The van der Waals surface area contributed by atoms with E-state index < -0.39 is 35.3 Å². The highest BCUT2D eigenvalue weighted by Crippen LogP contribution is 2.33. The molecule has 0 spiro atoms.